The summed E-state index contributed by atoms with van der Waals surface area (Å²) in [5.41, 5.74) is 4.23. The Morgan fingerprint density at radius 2 is 2.07 bits per heavy atom. The van der Waals surface area contributed by atoms with Crippen molar-refractivity contribution < 1.29 is 9.59 Å². The first kappa shape index (κ1) is 17.2. The van der Waals surface area contributed by atoms with Gasteiger partial charge < -0.3 is 10.2 Å². The Balaban J connectivity index is 1.41. The Morgan fingerprint density at radius 1 is 1.24 bits per heavy atom. The summed E-state index contributed by atoms with van der Waals surface area (Å²) >= 11 is 0. The summed E-state index contributed by atoms with van der Waals surface area (Å²) in [5.74, 6) is -0.282. The number of benzene rings is 1. The lowest BCUT2D eigenvalue weighted by Crippen LogP contribution is -2.54. The number of hydrogen-bond acceptors (Lipinski definition) is 4. The summed E-state index contributed by atoms with van der Waals surface area (Å²) in [5, 5.41) is 3.08. The summed E-state index contributed by atoms with van der Waals surface area (Å²) in [6, 6.07) is 10.3. The summed E-state index contributed by atoms with van der Waals surface area (Å²) in [4.78, 5) is 35.9. The molecule has 0 aliphatic carbocycles. The third-order valence-electron chi connectivity index (χ3n) is 7.33. The first-order valence-electron chi connectivity index (χ1n) is 10.5. The van der Waals surface area contributed by atoms with Gasteiger partial charge in [-0.2, -0.15) is 0 Å². The van der Waals surface area contributed by atoms with Gasteiger partial charge in [0.25, 0.3) is 0 Å². The topological polar surface area (TPSA) is 65.5 Å². The number of hydrogen-bond donors (Lipinski definition) is 1. The van der Waals surface area contributed by atoms with Crippen LogP contribution < -0.4 is 5.32 Å². The van der Waals surface area contributed by atoms with Crippen molar-refractivity contribution in [2.24, 2.45) is 5.92 Å². The van der Waals surface area contributed by atoms with E-state index in [2.05, 4.69) is 21.3 Å². The van der Waals surface area contributed by atoms with E-state index in [1.807, 2.05) is 42.3 Å². The predicted octanol–water partition coefficient (Wildman–Crippen LogP) is 2.56. The van der Waals surface area contributed by atoms with Gasteiger partial charge in [0.15, 0.2) is 0 Å². The molecule has 2 aromatic rings. The van der Waals surface area contributed by atoms with E-state index in [1.165, 1.54) is 5.56 Å². The second kappa shape index (κ2) is 5.89. The molecule has 2 fully saturated rings. The standard InChI is InChI=1S/C23H24N4O2/c1-14-9-15-12-26(13-16(15)11-24-14)21(28)19-10-17-5-4-8-27(17)23(19)18-6-2-3-7-20(18)25-22(23)29/h2-3,6-7,9,11,17,19H,4-5,8,10,12-13H2,1H3,(H,25,29)/t17-,19-,23+/m1/s1. The Bertz CT molecular complexity index is 1050. The molecule has 6 nitrogen and oxygen atoms in total. The fourth-order valence-electron chi connectivity index (χ4n) is 6.14. The maximum atomic E-state index is 13.8. The van der Waals surface area contributed by atoms with Gasteiger partial charge in [0, 0.05) is 42.3 Å². The largest absolute Gasteiger partial charge is 0.334 e. The quantitative estimate of drug-likeness (QED) is 0.816. The number of nitrogens with zero attached hydrogens (tertiary/aromatic N) is 3. The number of amides is 2. The summed E-state index contributed by atoms with van der Waals surface area (Å²) in [6.45, 7) is 4.05. The smallest absolute Gasteiger partial charge is 0.250 e. The molecule has 6 rings (SSSR count). The predicted molar refractivity (Wildman–Crippen MR) is 108 cm³/mol. The molecule has 4 aliphatic rings. The summed E-state index contributed by atoms with van der Waals surface area (Å²) in [7, 11) is 0. The first-order valence-corrected chi connectivity index (χ1v) is 10.5. The van der Waals surface area contributed by atoms with Crippen LogP contribution in [-0.2, 0) is 28.2 Å². The van der Waals surface area contributed by atoms with Crippen molar-refractivity contribution in [1.29, 1.82) is 0 Å². The van der Waals surface area contributed by atoms with Crippen LogP contribution in [0.5, 0.6) is 0 Å². The number of aromatic nitrogens is 1. The Morgan fingerprint density at radius 3 is 2.97 bits per heavy atom. The fourth-order valence-corrected chi connectivity index (χ4v) is 6.14. The van der Waals surface area contributed by atoms with E-state index in [0.717, 1.165) is 48.3 Å². The van der Waals surface area contributed by atoms with Gasteiger partial charge in [0.1, 0.15) is 5.54 Å². The van der Waals surface area contributed by atoms with Gasteiger partial charge in [-0.25, -0.2) is 0 Å². The van der Waals surface area contributed by atoms with Crippen LogP contribution in [0.4, 0.5) is 5.69 Å². The van der Waals surface area contributed by atoms with E-state index in [4.69, 9.17) is 0 Å². The third kappa shape index (κ3) is 2.18. The van der Waals surface area contributed by atoms with Gasteiger partial charge in [-0.05, 0) is 56.0 Å². The number of aryl methyl sites for hydroxylation is 1. The highest BCUT2D eigenvalue weighted by Gasteiger charge is 2.65. The Kier molecular flexibility index (Phi) is 3.48. The number of rotatable bonds is 1. The van der Waals surface area contributed by atoms with E-state index in [1.54, 1.807) is 0 Å². The normalized spacial score (nSPS) is 29.8. The maximum absolute atomic E-state index is 13.8. The van der Waals surface area contributed by atoms with Crippen LogP contribution in [-0.4, -0.2) is 39.2 Å². The molecule has 0 bridgehead atoms. The molecule has 1 spiro atoms. The Hall–Kier alpha value is -2.73. The molecule has 1 aromatic heterocycles. The van der Waals surface area contributed by atoms with Crippen molar-refractivity contribution in [2.45, 2.75) is 50.9 Å². The van der Waals surface area contributed by atoms with Gasteiger partial charge in [0.05, 0.1) is 5.92 Å². The van der Waals surface area contributed by atoms with E-state index >= 15 is 0 Å². The lowest BCUT2D eigenvalue weighted by Gasteiger charge is -2.37. The minimum Gasteiger partial charge on any atom is -0.334 e. The number of anilines is 1. The Labute approximate surface area is 169 Å². The number of fused-ring (bicyclic) bond motifs is 5. The monoisotopic (exact) mass is 388 g/mol. The second-order valence-corrected chi connectivity index (χ2v) is 8.83. The lowest BCUT2D eigenvalue weighted by atomic mass is 9.78. The molecule has 5 heterocycles. The molecule has 4 aliphatic heterocycles. The van der Waals surface area contributed by atoms with Crippen LogP contribution in [0.1, 0.15) is 41.6 Å². The molecule has 148 valence electrons. The molecule has 29 heavy (non-hydrogen) atoms. The van der Waals surface area contributed by atoms with Crippen LogP contribution >= 0.6 is 0 Å². The highest BCUT2D eigenvalue weighted by atomic mass is 16.2. The molecular weight excluding hydrogens is 364 g/mol. The molecule has 1 N–H and O–H groups in total. The van der Waals surface area contributed by atoms with Crippen LogP contribution in [0.15, 0.2) is 36.5 Å². The average molecular weight is 388 g/mol. The number of pyridine rings is 1. The number of para-hydroxylation sites is 1. The van der Waals surface area contributed by atoms with Crippen molar-refractivity contribution in [3.05, 3.63) is 58.9 Å². The highest BCUT2D eigenvalue weighted by Crippen LogP contribution is 2.55. The second-order valence-electron chi connectivity index (χ2n) is 8.83. The molecule has 3 atom stereocenters. The third-order valence-corrected chi connectivity index (χ3v) is 7.33. The summed E-state index contributed by atoms with van der Waals surface area (Å²) < 4.78 is 0. The molecular formula is C23H24N4O2. The molecule has 2 amide bonds. The van der Waals surface area contributed by atoms with Crippen molar-refractivity contribution in [1.82, 2.24) is 14.8 Å². The number of carbonyl (C=O) groups excluding carboxylic acids is 2. The van der Waals surface area contributed by atoms with Gasteiger partial charge in [-0.3, -0.25) is 19.5 Å². The zero-order valence-electron chi connectivity index (χ0n) is 16.5. The van der Waals surface area contributed by atoms with E-state index in [-0.39, 0.29) is 17.7 Å². The minimum atomic E-state index is -0.863. The zero-order valence-corrected chi connectivity index (χ0v) is 16.5. The SMILES string of the molecule is Cc1cc2c(cn1)CN(C(=O)[C@H]1C[C@H]3CCCN3[C@]13C(=O)Nc1ccccc13)C2. The van der Waals surface area contributed by atoms with E-state index in [0.29, 0.717) is 19.1 Å². The van der Waals surface area contributed by atoms with Crippen LogP contribution in [0, 0.1) is 12.8 Å². The average Bonchev–Trinajstić information content (AvgIpc) is 3.45. The van der Waals surface area contributed by atoms with Crippen LogP contribution in [0.2, 0.25) is 0 Å². The number of carbonyl (C=O) groups is 2. The van der Waals surface area contributed by atoms with Gasteiger partial charge in [-0.15, -0.1) is 0 Å². The molecule has 1 aromatic carbocycles. The fraction of sp³-hybridized carbons (Fsp3) is 0.435. The van der Waals surface area contributed by atoms with E-state index in [9.17, 15) is 9.59 Å². The first-order chi connectivity index (χ1) is 14.1. The number of nitrogens with one attached hydrogen (secondary N) is 1. The highest BCUT2D eigenvalue weighted by molar-refractivity contribution is 6.09. The van der Waals surface area contributed by atoms with Crippen molar-refractivity contribution in [3.63, 3.8) is 0 Å². The molecule has 6 heteroatoms. The van der Waals surface area contributed by atoms with Crippen LogP contribution in [0.25, 0.3) is 0 Å². The van der Waals surface area contributed by atoms with Crippen molar-refractivity contribution in [2.75, 3.05) is 11.9 Å². The minimum absolute atomic E-state index is 0.0318. The van der Waals surface area contributed by atoms with Gasteiger partial charge in [-0.1, -0.05) is 18.2 Å². The lowest BCUT2D eigenvalue weighted by molar-refractivity contribution is -0.144. The maximum Gasteiger partial charge on any atom is 0.250 e. The summed E-state index contributed by atoms with van der Waals surface area (Å²) in [6.07, 6.45) is 4.79. The van der Waals surface area contributed by atoms with Crippen molar-refractivity contribution in [3.8, 4) is 0 Å². The van der Waals surface area contributed by atoms with Crippen LogP contribution in [0.3, 0.4) is 0 Å². The van der Waals surface area contributed by atoms with Gasteiger partial charge in [0.2, 0.25) is 11.8 Å². The van der Waals surface area contributed by atoms with E-state index < -0.39 is 5.54 Å². The zero-order chi connectivity index (χ0) is 19.8. The molecule has 0 saturated carbocycles. The van der Waals surface area contributed by atoms with Crippen molar-refractivity contribution >= 4 is 17.5 Å². The molecule has 0 unspecified atom stereocenters. The molecule has 0 radical (unpaired) electrons. The molecule has 2 saturated heterocycles. The van der Waals surface area contributed by atoms with Gasteiger partial charge >= 0.3 is 0 Å².